The topological polar surface area (TPSA) is 67.7 Å². The van der Waals surface area contributed by atoms with Crippen molar-refractivity contribution in [1.82, 2.24) is 19.6 Å². The van der Waals surface area contributed by atoms with Crippen LogP contribution in [0, 0.1) is 0 Å². The summed E-state index contributed by atoms with van der Waals surface area (Å²) in [6.45, 7) is 3.02. The average molecular weight is 356 g/mol. The molecule has 0 unspecified atom stereocenters. The predicted molar refractivity (Wildman–Crippen MR) is 96.9 cm³/mol. The molecule has 0 atom stereocenters. The zero-order valence-corrected chi connectivity index (χ0v) is 15.0. The molecule has 0 spiro atoms. The number of aryl methyl sites for hydroxylation is 1. The van der Waals surface area contributed by atoms with E-state index in [1.54, 1.807) is 30.3 Å². The second-order valence-electron chi connectivity index (χ2n) is 6.28. The summed E-state index contributed by atoms with van der Waals surface area (Å²) in [5, 5.41) is 4.13. The molecular formula is C19H24N4O3. The Labute approximate surface area is 153 Å². The summed E-state index contributed by atoms with van der Waals surface area (Å²) >= 11 is 0. The van der Waals surface area contributed by atoms with Crippen LogP contribution in [0.5, 0.6) is 5.75 Å². The lowest BCUT2D eigenvalue weighted by Crippen LogP contribution is -2.50. The summed E-state index contributed by atoms with van der Waals surface area (Å²) in [5.74, 6) is 0.794. The summed E-state index contributed by atoms with van der Waals surface area (Å²) in [6.07, 6.45) is 4.90. The highest BCUT2D eigenvalue weighted by atomic mass is 16.5. The lowest BCUT2D eigenvalue weighted by Gasteiger charge is -2.35. The van der Waals surface area contributed by atoms with Gasteiger partial charge in [-0.25, -0.2) is 0 Å². The number of carbonyl (C=O) groups is 2. The Morgan fingerprint density at radius 3 is 2.58 bits per heavy atom. The first kappa shape index (κ1) is 18.0. The average Bonchev–Trinajstić information content (AvgIpc) is 3.21. The number of amides is 2. The number of benzene rings is 1. The van der Waals surface area contributed by atoms with E-state index in [2.05, 4.69) is 5.10 Å². The molecule has 1 aromatic heterocycles. The molecule has 2 aromatic rings. The lowest BCUT2D eigenvalue weighted by atomic mass is 10.1. The first-order valence-electron chi connectivity index (χ1n) is 8.86. The van der Waals surface area contributed by atoms with E-state index in [9.17, 15) is 9.59 Å². The molecular weight excluding hydrogens is 332 g/mol. The smallest absolute Gasteiger partial charge is 0.254 e. The Morgan fingerprint density at radius 2 is 1.88 bits per heavy atom. The van der Waals surface area contributed by atoms with Gasteiger partial charge in [0.25, 0.3) is 5.91 Å². The molecule has 1 saturated heterocycles. The van der Waals surface area contributed by atoms with Gasteiger partial charge in [0.15, 0.2) is 0 Å². The SMILES string of the molecule is COc1cccc(C(=O)N2CCN(C(=O)CCCn3cccn3)CC2)c1. The van der Waals surface area contributed by atoms with Gasteiger partial charge >= 0.3 is 0 Å². The number of carbonyl (C=O) groups excluding carboxylic acids is 2. The number of ether oxygens (including phenoxy) is 1. The third kappa shape index (κ3) is 4.41. The van der Waals surface area contributed by atoms with Crippen molar-refractivity contribution in [1.29, 1.82) is 0 Å². The number of rotatable bonds is 6. The Morgan fingerprint density at radius 1 is 1.12 bits per heavy atom. The Hall–Kier alpha value is -2.83. The van der Waals surface area contributed by atoms with Crippen molar-refractivity contribution in [2.45, 2.75) is 19.4 Å². The minimum absolute atomic E-state index is 0.0188. The molecule has 1 aliphatic rings. The van der Waals surface area contributed by atoms with Gasteiger partial charge in [0.05, 0.1) is 7.11 Å². The van der Waals surface area contributed by atoms with Crippen molar-refractivity contribution in [3.05, 3.63) is 48.3 Å². The third-order valence-corrected chi connectivity index (χ3v) is 4.57. The summed E-state index contributed by atoms with van der Waals surface area (Å²) in [4.78, 5) is 28.6. The zero-order chi connectivity index (χ0) is 18.4. The molecule has 0 aliphatic carbocycles. The van der Waals surface area contributed by atoms with Crippen molar-refractivity contribution in [3.63, 3.8) is 0 Å². The van der Waals surface area contributed by atoms with Crippen LogP contribution in [0.1, 0.15) is 23.2 Å². The molecule has 0 saturated carbocycles. The summed E-state index contributed by atoms with van der Waals surface area (Å²) in [6, 6.07) is 9.04. The van der Waals surface area contributed by atoms with E-state index >= 15 is 0 Å². The van der Waals surface area contributed by atoms with Crippen LogP contribution in [-0.4, -0.2) is 64.7 Å². The molecule has 0 bridgehead atoms. The van der Waals surface area contributed by atoms with Gasteiger partial charge in [0.1, 0.15) is 5.75 Å². The van der Waals surface area contributed by atoms with Crippen molar-refractivity contribution in [2.24, 2.45) is 0 Å². The second kappa shape index (κ2) is 8.51. The van der Waals surface area contributed by atoms with E-state index in [-0.39, 0.29) is 11.8 Å². The minimum Gasteiger partial charge on any atom is -0.497 e. The van der Waals surface area contributed by atoms with Crippen LogP contribution >= 0.6 is 0 Å². The molecule has 1 fully saturated rings. The maximum absolute atomic E-state index is 12.6. The van der Waals surface area contributed by atoms with E-state index in [0.717, 1.165) is 13.0 Å². The van der Waals surface area contributed by atoms with E-state index in [4.69, 9.17) is 4.74 Å². The Bertz CT molecular complexity index is 737. The number of piperazine rings is 1. The second-order valence-corrected chi connectivity index (χ2v) is 6.28. The van der Waals surface area contributed by atoms with Crippen LogP contribution < -0.4 is 4.74 Å². The highest BCUT2D eigenvalue weighted by Gasteiger charge is 2.24. The van der Waals surface area contributed by atoms with Gasteiger partial charge in [-0.15, -0.1) is 0 Å². The summed E-state index contributed by atoms with van der Waals surface area (Å²) < 4.78 is 7.01. The zero-order valence-electron chi connectivity index (χ0n) is 15.0. The van der Waals surface area contributed by atoms with Gasteiger partial charge in [0, 0.05) is 57.1 Å². The van der Waals surface area contributed by atoms with Crippen LogP contribution in [0.4, 0.5) is 0 Å². The monoisotopic (exact) mass is 356 g/mol. The maximum atomic E-state index is 12.6. The fourth-order valence-corrected chi connectivity index (χ4v) is 3.08. The largest absolute Gasteiger partial charge is 0.497 e. The molecule has 0 N–H and O–H groups in total. The third-order valence-electron chi connectivity index (χ3n) is 4.57. The van der Waals surface area contributed by atoms with Gasteiger partial charge in [-0.05, 0) is 30.7 Å². The molecule has 0 radical (unpaired) electrons. The molecule has 138 valence electrons. The lowest BCUT2D eigenvalue weighted by molar-refractivity contribution is -0.132. The fourth-order valence-electron chi connectivity index (χ4n) is 3.08. The van der Waals surface area contributed by atoms with Gasteiger partial charge < -0.3 is 14.5 Å². The van der Waals surface area contributed by atoms with Crippen LogP contribution in [0.3, 0.4) is 0 Å². The summed E-state index contributed by atoms with van der Waals surface area (Å²) in [7, 11) is 1.58. The molecule has 7 heteroatoms. The molecule has 1 aliphatic heterocycles. The van der Waals surface area contributed by atoms with Crippen LogP contribution in [0.15, 0.2) is 42.7 Å². The Kier molecular flexibility index (Phi) is 5.88. The van der Waals surface area contributed by atoms with Gasteiger partial charge in [-0.3, -0.25) is 14.3 Å². The van der Waals surface area contributed by atoms with E-state index < -0.39 is 0 Å². The first-order chi connectivity index (χ1) is 12.7. The first-order valence-corrected chi connectivity index (χ1v) is 8.86. The van der Waals surface area contributed by atoms with E-state index in [1.165, 1.54) is 0 Å². The van der Waals surface area contributed by atoms with Gasteiger partial charge in [-0.1, -0.05) is 6.07 Å². The molecule has 2 heterocycles. The number of aromatic nitrogens is 2. The van der Waals surface area contributed by atoms with Crippen molar-refractivity contribution in [2.75, 3.05) is 33.3 Å². The van der Waals surface area contributed by atoms with Crippen molar-refractivity contribution < 1.29 is 14.3 Å². The molecule has 1 aromatic carbocycles. The number of hydrogen-bond acceptors (Lipinski definition) is 4. The predicted octanol–water partition coefficient (Wildman–Crippen LogP) is 1.66. The maximum Gasteiger partial charge on any atom is 0.254 e. The Balaban J connectivity index is 1.45. The van der Waals surface area contributed by atoms with Gasteiger partial charge in [-0.2, -0.15) is 5.10 Å². The van der Waals surface area contributed by atoms with E-state index in [0.29, 0.717) is 43.9 Å². The highest BCUT2D eigenvalue weighted by Crippen LogP contribution is 2.16. The van der Waals surface area contributed by atoms with Gasteiger partial charge in [0.2, 0.25) is 5.91 Å². The molecule has 7 nitrogen and oxygen atoms in total. The number of nitrogens with zero attached hydrogens (tertiary/aromatic N) is 4. The highest BCUT2D eigenvalue weighted by molar-refractivity contribution is 5.94. The van der Waals surface area contributed by atoms with Crippen molar-refractivity contribution in [3.8, 4) is 5.75 Å². The minimum atomic E-state index is -0.0188. The quantitative estimate of drug-likeness (QED) is 0.789. The number of hydrogen-bond donors (Lipinski definition) is 0. The molecule has 3 rings (SSSR count). The van der Waals surface area contributed by atoms with Crippen LogP contribution in [-0.2, 0) is 11.3 Å². The fraction of sp³-hybridized carbons (Fsp3) is 0.421. The molecule has 26 heavy (non-hydrogen) atoms. The summed E-state index contributed by atoms with van der Waals surface area (Å²) in [5.41, 5.74) is 0.614. The van der Waals surface area contributed by atoms with Crippen molar-refractivity contribution >= 4 is 11.8 Å². The molecule has 2 amide bonds. The number of methoxy groups -OCH3 is 1. The van der Waals surface area contributed by atoms with Crippen LogP contribution in [0.25, 0.3) is 0 Å². The normalized spacial score (nSPS) is 14.3. The van der Waals surface area contributed by atoms with E-state index in [1.807, 2.05) is 34.0 Å². The van der Waals surface area contributed by atoms with Crippen LogP contribution in [0.2, 0.25) is 0 Å². The standard InChI is InChI=1S/C19H24N4O3/c1-26-17-6-2-5-16(15-17)19(25)22-13-11-21(12-14-22)18(24)7-3-9-23-10-4-8-20-23/h2,4-6,8,10,15H,3,7,9,11-14H2,1H3.